The Labute approximate surface area is 257 Å². The minimum Gasteiger partial charge on any atom is -0.392 e. The predicted octanol–water partition coefficient (Wildman–Crippen LogP) is 5.58. The number of piperazine rings is 1. The van der Waals surface area contributed by atoms with Crippen molar-refractivity contribution in [3.8, 4) is 11.1 Å². The van der Waals surface area contributed by atoms with Gasteiger partial charge >= 0.3 is 0 Å². The lowest BCUT2D eigenvalue weighted by Gasteiger charge is -2.41. The molecule has 0 saturated carbocycles. The molecule has 0 aliphatic carbocycles. The topological polar surface area (TPSA) is 114 Å². The standard InChI is InChI=1S/C35H38N4O5/c36-22-26-2-1-3-30(20-26)27-8-10-29(11-9-27)35-43-33(21-34(44-35)28-6-4-25(24-40)5-7-28)23-37-16-18-38(19-17-37)31-12-14-32(15-13-31)39(41)42/h1-15,20,33-35,40H,16-19,21-24,36H2. The Kier molecular flexibility index (Phi) is 9.30. The van der Waals surface area contributed by atoms with Crippen LogP contribution in [0.3, 0.4) is 0 Å². The van der Waals surface area contributed by atoms with Crippen LogP contribution in [0.1, 0.15) is 41.1 Å². The van der Waals surface area contributed by atoms with E-state index in [1.54, 1.807) is 12.1 Å². The lowest BCUT2D eigenvalue weighted by Crippen LogP contribution is -2.49. The molecule has 3 N–H and O–H groups in total. The van der Waals surface area contributed by atoms with E-state index in [0.717, 1.165) is 78.2 Å². The maximum absolute atomic E-state index is 11.0. The van der Waals surface area contributed by atoms with Crippen molar-refractivity contribution in [2.24, 2.45) is 5.73 Å². The molecule has 0 aromatic heterocycles. The van der Waals surface area contributed by atoms with Gasteiger partial charge in [-0.15, -0.1) is 0 Å². The SMILES string of the molecule is NCc1cccc(-c2ccc(C3OC(CN4CCN(c5ccc([N+](=O)[O-])cc5)CC4)CC(c4ccc(CO)cc4)O3)cc2)c1. The van der Waals surface area contributed by atoms with Crippen LogP contribution in [0.2, 0.25) is 0 Å². The summed E-state index contributed by atoms with van der Waals surface area (Å²) in [5.41, 5.74) is 13.2. The zero-order valence-corrected chi connectivity index (χ0v) is 24.6. The molecule has 2 heterocycles. The van der Waals surface area contributed by atoms with E-state index in [1.165, 1.54) is 0 Å². The highest BCUT2D eigenvalue weighted by molar-refractivity contribution is 5.64. The zero-order valence-electron chi connectivity index (χ0n) is 24.6. The third-order valence-corrected chi connectivity index (χ3v) is 8.55. The molecule has 3 atom stereocenters. The van der Waals surface area contributed by atoms with Gasteiger partial charge in [0.2, 0.25) is 0 Å². The molecule has 2 aliphatic heterocycles. The van der Waals surface area contributed by atoms with Crippen molar-refractivity contribution >= 4 is 11.4 Å². The van der Waals surface area contributed by atoms with Gasteiger partial charge in [-0.05, 0) is 46.0 Å². The first-order valence-electron chi connectivity index (χ1n) is 15.1. The molecule has 2 saturated heterocycles. The fourth-order valence-electron chi connectivity index (χ4n) is 6.01. The summed E-state index contributed by atoms with van der Waals surface area (Å²) in [5, 5.41) is 20.5. The molecular formula is C35H38N4O5. The third-order valence-electron chi connectivity index (χ3n) is 8.55. The number of anilines is 1. The monoisotopic (exact) mass is 594 g/mol. The number of hydrogen-bond acceptors (Lipinski definition) is 8. The smallest absolute Gasteiger partial charge is 0.269 e. The number of benzene rings is 4. The zero-order chi connectivity index (χ0) is 30.5. The summed E-state index contributed by atoms with van der Waals surface area (Å²) >= 11 is 0. The first-order valence-corrected chi connectivity index (χ1v) is 15.1. The second-order valence-corrected chi connectivity index (χ2v) is 11.4. The number of nitro benzene ring substituents is 1. The van der Waals surface area contributed by atoms with Crippen LogP contribution in [0.5, 0.6) is 0 Å². The van der Waals surface area contributed by atoms with Crippen LogP contribution in [-0.4, -0.2) is 53.8 Å². The van der Waals surface area contributed by atoms with Gasteiger partial charge in [-0.1, -0.05) is 66.7 Å². The van der Waals surface area contributed by atoms with Crippen LogP contribution < -0.4 is 10.6 Å². The summed E-state index contributed by atoms with van der Waals surface area (Å²) in [6, 6.07) is 31.4. The van der Waals surface area contributed by atoms with Crippen molar-refractivity contribution in [3.05, 3.63) is 129 Å². The summed E-state index contributed by atoms with van der Waals surface area (Å²) in [5.74, 6) is 0. The average Bonchev–Trinajstić information content (AvgIpc) is 3.08. The molecule has 4 aromatic carbocycles. The van der Waals surface area contributed by atoms with Crippen molar-refractivity contribution in [2.45, 2.75) is 38.1 Å². The first kappa shape index (κ1) is 29.9. The summed E-state index contributed by atoms with van der Waals surface area (Å²) in [7, 11) is 0. The minimum atomic E-state index is -0.512. The molecule has 2 fully saturated rings. The molecule has 0 radical (unpaired) electrons. The number of ether oxygens (including phenoxy) is 2. The second kappa shape index (κ2) is 13.7. The predicted molar refractivity (Wildman–Crippen MR) is 170 cm³/mol. The normalized spacial score (nSPS) is 20.9. The summed E-state index contributed by atoms with van der Waals surface area (Å²) in [6.45, 7) is 4.70. The number of nitro groups is 1. The van der Waals surface area contributed by atoms with E-state index in [-0.39, 0.29) is 29.4 Å². The molecule has 44 heavy (non-hydrogen) atoms. The van der Waals surface area contributed by atoms with Gasteiger partial charge in [0.05, 0.1) is 23.7 Å². The maximum Gasteiger partial charge on any atom is 0.269 e. The van der Waals surface area contributed by atoms with Gasteiger partial charge in [-0.25, -0.2) is 0 Å². The molecule has 3 unspecified atom stereocenters. The lowest BCUT2D eigenvalue weighted by molar-refractivity contribution is -0.384. The van der Waals surface area contributed by atoms with Crippen LogP contribution in [-0.2, 0) is 22.6 Å². The van der Waals surface area contributed by atoms with Crippen LogP contribution in [0.4, 0.5) is 11.4 Å². The molecular weight excluding hydrogens is 556 g/mol. The fraction of sp³-hybridized carbons (Fsp3) is 0.314. The number of hydrogen-bond donors (Lipinski definition) is 2. The van der Waals surface area contributed by atoms with E-state index in [1.807, 2.05) is 48.5 Å². The lowest BCUT2D eigenvalue weighted by atomic mass is 9.99. The molecule has 9 nitrogen and oxygen atoms in total. The Morgan fingerprint density at radius 3 is 2.18 bits per heavy atom. The molecule has 0 bridgehead atoms. The van der Waals surface area contributed by atoms with Crippen molar-refractivity contribution < 1.29 is 19.5 Å². The maximum atomic E-state index is 11.0. The minimum absolute atomic E-state index is 0.00650. The number of aliphatic hydroxyl groups is 1. The van der Waals surface area contributed by atoms with Crippen molar-refractivity contribution in [3.63, 3.8) is 0 Å². The Hall–Kier alpha value is -4.12. The number of non-ortho nitro benzene ring substituents is 1. The average molecular weight is 595 g/mol. The molecule has 228 valence electrons. The van der Waals surface area contributed by atoms with Crippen LogP contribution in [0.15, 0.2) is 97.1 Å². The van der Waals surface area contributed by atoms with E-state index in [2.05, 4.69) is 46.2 Å². The van der Waals surface area contributed by atoms with Gasteiger partial charge in [-0.2, -0.15) is 0 Å². The van der Waals surface area contributed by atoms with E-state index in [9.17, 15) is 15.2 Å². The fourth-order valence-corrected chi connectivity index (χ4v) is 6.01. The Balaban J connectivity index is 1.15. The van der Waals surface area contributed by atoms with Gasteiger partial charge < -0.3 is 25.2 Å². The Morgan fingerprint density at radius 1 is 0.818 bits per heavy atom. The second-order valence-electron chi connectivity index (χ2n) is 11.4. The number of nitrogens with two attached hydrogens (primary N) is 1. The Bertz CT molecular complexity index is 1540. The highest BCUT2D eigenvalue weighted by Gasteiger charge is 2.34. The summed E-state index contributed by atoms with van der Waals surface area (Å²) in [4.78, 5) is 15.3. The van der Waals surface area contributed by atoms with Crippen molar-refractivity contribution in [1.29, 1.82) is 0 Å². The largest absolute Gasteiger partial charge is 0.392 e. The van der Waals surface area contributed by atoms with E-state index >= 15 is 0 Å². The summed E-state index contributed by atoms with van der Waals surface area (Å²) < 4.78 is 13.2. The van der Waals surface area contributed by atoms with Gasteiger partial charge in [0.25, 0.3) is 5.69 Å². The molecule has 2 aliphatic rings. The van der Waals surface area contributed by atoms with Gasteiger partial charge in [0, 0.05) is 69.1 Å². The van der Waals surface area contributed by atoms with Crippen LogP contribution in [0.25, 0.3) is 11.1 Å². The van der Waals surface area contributed by atoms with Gasteiger partial charge in [0.15, 0.2) is 6.29 Å². The molecule has 0 amide bonds. The highest BCUT2D eigenvalue weighted by Crippen LogP contribution is 2.39. The molecule has 0 spiro atoms. The molecule has 9 heteroatoms. The number of nitrogens with zero attached hydrogens (tertiary/aromatic N) is 3. The van der Waals surface area contributed by atoms with Gasteiger partial charge in [0.1, 0.15) is 0 Å². The molecule has 4 aromatic rings. The van der Waals surface area contributed by atoms with Crippen molar-refractivity contribution in [2.75, 3.05) is 37.6 Å². The van der Waals surface area contributed by atoms with Crippen molar-refractivity contribution in [1.82, 2.24) is 4.90 Å². The van der Waals surface area contributed by atoms with E-state index in [4.69, 9.17) is 15.2 Å². The molecule has 6 rings (SSSR count). The highest BCUT2D eigenvalue weighted by atomic mass is 16.7. The first-order chi connectivity index (χ1) is 21.5. The van der Waals surface area contributed by atoms with E-state index in [0.29, 0.717) is 6.54 Å². The van der Waals surface area contributed by atoms with Crippen LogP contribution >= 0.6 is 0 Å². The number of rotatable bonds is 9. The van der Waals surface area contributed by atoms with Crippen LogP contribution in [0, 0.1) is 10.1 Å². The Morgan fingerprint density at radius 2 is 1.52 bits per heavy atom. The number of aliphatic hydroxyl groups excluding tert-OH is 1. The van der Waals surface area contributed by atoms with Gasteiger partial charge in [-0.3, -0.25) is 15.0 Å². The summed E-state index contributed by atoms with van der Waals surface area (Å²) in [6.07, 6.45) is 0.0283. The third kappa shape index (κ3) is 6.99. The quantitative estimate of drug-likeness (QED) is 0.191. The van der Waals surface area contributed by atoms with E-state index < -0.39 is 6.29 Å².